The van der Waals surface area contributed by atoms with E-state index >= 15 is 0 Å². The summed E-state index contributed by atoms with van der Waals surface area (Å²) in [6.45, 7) is 2.90. The SMILES string of the molecule is C=C(I)c1cn(C2O[C@H](CO)[C@@H](O)[C@@H]2O)c(=O)n(F)c1=O. The number of halogens is 2. The normalized spacial score (nSPS) is 28.8. The molecule has 0 aromatic carbocycles. The highest BCUT2D eigenvalue weighted by atomic mass is 127. The molecule has 0 spiro atoms. The lowest BCUT2D eigenvalue weighted by molar-refractivity contribution is -0.0565. The minimum atomic E-state index is -1.56. The number of hydrogen-bond donors (Lipinski definition) is 3. The van der Waals surface area contributed by atoms with E-state index in [9.17, 15) is 24.3 Å². The summed E-state index contributed by atoms with van der Waals surface area (Å²) in [5.41, 5.74) is -2.73. The molecule has 0 bridgehead atoms. The van der Waals surface area contributed by atoms with Crippen molar-refractivity contribution in [1.29, 1.82) is 0 Å². The monoisotopic (exact) mass is 414 g/mol. The smallest absolute Gasteiger partial charge is 0.362 e. The fourth-order valence-electron chi connectivity index (χ4n) is 2.02. The average molecular weight is 414 g/mol. The molecule has 116 valence electrons. The van der Waals surface area contributed by atoms with E-state index in [0.29, 0.717) is 4.57 Å². The summed E-state index contributed by atoms with van der Waals surface area (Å²) in [4.78, 5) is 22.7. The molecule has 8 nitrogen and oxygen atoms in total. The molecule has 3 N–H and O–H groups in total. The summed E-state index contributed by atoms with van der Waals surface area (Å²) in [7, 11) is 0. The van der Waals surface area contributed by atoms with Gasteiger partial charge < -0.3 is 20.1 Å². The number of nitrogens with zero attached hydrogens (tertiary/aromatic N) is 2. The highest BCUT2D eigenvalue weighted by Gasteiger charge is 2.44. The molecule has 1 fully saturated rings. The van der Waals surface area contributed by atoms with E-state index in [1.807, 2.05) is 0 Å². The standard InChI is InChI=1S/C11H12FIN2O6/c1-4(13)5-2-14(11(20)15(12)9(5)19)10-8(18)7(17)6(3-16)21-10/h2,6-8,10,16-18H,1,3H2/t6-,7-,8+,10?/m1/s1. The molecule has 2 rings (SSSR count). The average Bonchev–Trinajstić information content (AvgIpc) is 2.72. The van der Waals surface area contributed by atoms with Gasteiger partial charge in [-0.1, -0.05) is 15.8 Å². The Balaban J connectivity index is 2.58. The first-order valence-corrected chi connectivity index (χ1v) is 6.89. The maximum atomic E-state index is 13.6. The summed E-state index contributed by atoms with van der Waals surface area (Å²) in [5.74, 6) is 0. The van der Waals surface area contributed by atoms with Crippen LogP contribution in [0.3, 0.4) is 0 Å². The molecule has 21 heavy (non-hydrogen) atoms. The van der Waals surface area contributed by atoms with E-state index in [2.05, 4.69) is 6.58 Å². The Bertz CT molecular complexity index is 686. The fourth-order valence-corrected chi connectivity index (χ4v) is 2.39. The molecule has 0 amide bonds. The van der Waals surface area contributed by atoms with Crippen molar-refractivity contribution >= 4 is 26.2 Å². The van der Waals surface area contributed by atoms with Crippen LogP contribution in [0.15, 0.2) is 22.4 Å². The van der Waals surface area contributed by atoms with Gasteiger partial charge in [-0.15, -0.1) is 0 Å². The first-order valence-electron chi connectivity index (χ1n) is 5.81. The van der Waals surface area contributed by atoms with Gasteiger partial charge in [0, 0.05) is 9.78 Å². The van der Waals surface area contributed by atoms with Crippen LogP contribution < -0.4 is 11.2 Å². The lowest BCUT2D eigenvalue weighted by atomic mass is 10.1. The van der Waals surface area contributed by atoms with Gasteiger partial charge in [0.2, 0.25) is 0 Å². The van der Waals surface area contributed by atoms with Crippen LogP contribution in [0.2, 0.25) is 0 Å². The summed E-state index contributed by atoms with van der Waals surface area (Å²) < 4.78 is 19.6. The van der Waals surface area contributed by atoms with Crippen LogP contribution in [0.5, 0.6) is 0 Å². The second-order valence-corrected chi connectivity index (χ2v) is 5.75. The summed E-state index contributed by atoms with van der Waals surface area (Å²) in [6, 6.07) is 0. The van der Waals surface area contributed by atoms with E-state index in [1.54, 1.807) is 22.6 Å². The Kier molecular flexibility index (Phi) is 4.63. The van der Waals surface area contributed by atoms with Crippen molar-refractivity contribution in [2.24, 2.45) is 0 Å². The topological polar surface area (TPSA) is 114 Å². The van der Waals surface area contributed by atoms with E-state index in [-0.39, 0.29) is 9.14 Å². The van der Waals surface area contributed by atoms with Crippen LogP contribution in [-0.2, 0) is 4.74 Å². The Labute approximate surface area is 130 Å². The van der Waals surface area contributed by atoms with Crippen molar-refractivity contribution in [2.75, 3.05) is 6.61 Å². The quantitative estimate of drug-likeness (QED) is 0.534. The third kappa shape index (κ3) is 2.68. The van der Waals surface area contributed by atoms with E-state index in [4.69, 9.17) is 9.84 Å². The first-order chi connectivity index (χ1) is 9.79. The number of aliphatic hydroxyl groups is 3. The molecule has 1 aromatic rings. The predicted molar refractivity (Wildman–Crippen MR) is 77.5 cm³/mol. The van der Waals surface area contributed by atoms with Crippen molar-refractivity contribution in [3.63, 3.8) is 0 Å². The second kappa shape index (κ2) is 5.96. The van der Waals surface area contributed by atoms with Crippen LogP contribution in [0.1, 0.15) is 11.8 Å². The zero-order valence-corrected chi connectivity index (χ0v) is 12.7. The highest BCUT2D eigenvalue weighted by Crippen LogP contribution is 2.28. The van der Waals surface area contributed by atoms with Gasteiger partial charge in [0.05, 0.1) is 12.2 Å². The van der Waals surface area contributed by atoms with Gasteiger partial charge >= 0.3 is 5.69 Å². The zero-order chi connectivity index (χ0) is 15.9. The number of aliphatic hydroxyl groups excluding tert-OH is 3. The van der Waals surface area contributed by atoms with Gasteiger partial charge in [-0.3, -0.25) is 9.36 Å². The summed E-state index contributed by atoms with van der Waals surface area (Å²) in [5, 5.41) is 28.5. The third-order valence-corrected chi connectivity index (χ3v) is 3.73. The van der Waals surface area contributed by atoms with Gasteiger partial charge in [0.1, 0.15) is 18.3 Å². The number of ether oxygens (including phenoxy) is 1. The zero-order valence-electron chi connectivity index (χ0n) is 10.5. The minimum Gasteiger partial charge on any atom is -0.394 e. The van der Waals surface area contributed by atoms with Crippen LogP contribution >= 0.6 is 22.6 Å². The van der Waals surface area contributed by atoms with E-state index < -0.39 is 47.2 Å². The molecule has 4 atom stereocenters. The Morgan fingerprint density at radius 1 is 1.43 bits per heavy atom. The Morgan fingerprint density at radius 3 is 2.52 bits per heavy atom. The molecule has 1 aliphatic heterocycles. The molecule has 1 saturated heterocycles. The van der Waals surface area contributed by atoms with Crippen molar-refractivity contribution in [2.45, 2.75) is 24.5 Å². The highest BCUT2D eigenvalue weighted by molar-refractivity contribution is 14.1. The lowest BCUT2D eigenvalue weighted by Gasteiger charge is -2.18. The fraction of sp³-hybridized carbons (Fsp3) is 0.455. The number of rotatable bonds is 3. The molecule has 1 aromatic heterocycles. The van der Waals surface area contributed by atoms with Crippen molar-refractivity contribution in [1.82, 2.24) is 9.36 Å². The maximum absolute atomic E-state index is 13.6. The van der Waals surface area contributed by atoms with Crippen molar-refractivity contribution < 1.29 is 24.5 Å². The Morgan fingerprint density at radius 2 is 2.05 bits per heavy atom. The third-order valence-electron chi connectivity index (χ3n) is 3.15. The van der Waals surface area contributed by atoms with Gasteiger partial charge in [0.25, 0.3) is 5.56 Å². The lowest BCUT2D eigenvalue weighted by Crippen LogP contribution is -2.42. The summed E-state index contributed by atoms with van der Waals surface area (Å²) in [6.07, 6.45) is -4.56. The second-order valence-electron chi connectivity index (χ2n) is 4.45. The predicted octanol–water partition coefficient (Wildman–Crippen LogP) is -1.24. The van der Waals surface area contributed by atoms with Crippen LogP contribution in [-0.4, -0.2) is 49.6 Å². The molecule has 0 saturated carbocycles. The van der Waals surface area contributed by atoms with Gasteiger partial charge in [-0.2, -0.15) is 0 Å². The van der Waals surface area contributed by atoms with E-state index in [1.165, 1.54) is 0 Å². The van der Waals surface area contributed by atoms with Crippen LogP contribution in [0.4, 0.5) is 4.48 Å². The molecule has 1 unspecified atom stereocenters. The molecular formula is C11H12FIN2O6. The largest absolute Gasteiger partial charge is 0.394 e. The van der Waals surface area contributed by atoms with Gasteiger partial charge in [-0.25, -0.2) is 4.79 Å². The van der Waals surface area contributed by atoms with Crippen molar-refractivity contribution in [3.05, 3.63) is 39.2 Å². The number of hydrogen-bond acceptors (Lipinski definition) is 6. The van der Waals surface area contributed by atoms with Crippen molar-refractivity contribution in [3.8, 4) is 0 Å². The molecule has 1 aliphatic rings. The summed E-state index contributed by atoms with van der Waals surface area (Å²) >= 11 is 1.68. The van der Waals surface area contributed by atoms with Crippen LogP contribution in [0, 0.1) is 0 Å². The molecule has 0 aliphatic carbocycles. The van der Waals surface area contributed by atoms with Crippen LogP contribution in [0.25, 0.3) is 3.58 Å². The van der Waals surface area contributed by atoms with E-state index in [0.717, 1.165) is 6.20 Å². The molecule has 2 heterocycles. The Hall–Kier alpha value is -1.08. The molecular weight excluding hydrogens is 402 g/mol. The molecule has 0 radical (unpaired) electrons. The maximum Gasteiger partial charge on any atom is 0.362 e. The van der Waals surface area contributed by atoms with Gasteiger partial charge in [-0.05, 0) is 22.6 Å². The van der Waals surface area contributed by atoms with Gasteiger partial charge in [0.15, 0.2) is 6.23 Å². The minimum absolute atomic E-state index is 0.185. The first kappa shape index (κ1) is 16.3. The number of aromatic nitrogens is 2. The molecule has 10 heteroatoms.